The van der Waals surface area contributed by atoms with Gasteiger partial charge in [0, 0.05) is 16.8 Å². The first-order chi connectivity index (χ1) is 13.5. The molecule has 1 amide bonds. The van der Waals surface area contributed by atoms with Gasteiger partial charge in [-0.05, 0) is 55.5 Å². The highest BCUT2D eigenvalue weighted by atomic mass is 35.5. The quantitative estimate of drug-likeness (QED) is 0.581. The molecule has 3 aromatic rings. The normalized spacial score (nSPS) is 11.7. The van der Waals surface area contributed by atoms with Gasteiger partial charge in [-0.1, -0.05) is 23.7 Å². The molecular formula is C21H17ClF2N2O2. The number of nitrogens with zero attached hydrogens (tertiary/aromatic N) is 2. The molecule has 4 nitrogen and oxygen atoms in total. The van der Waals surface area contributed by atoms with E-state index in [-0.39, 0.29) is 17.1 Å². The summed E-state index contributed by atoms with van der Waals surface area (Å²) in [5, 5.41) is 0.209. The molecule has 1 aromatic heterocycles. The van der Waals surface area contributed by atoms with E-state index >= 15 is 0 Å². The van der Waals surface area contributed by atoms with Crippen LogP contribution in [0.3, 0.4) is 0 Å². The van der Waals surface area contributed by atoms with Gasteiger partial charge in [-0.3, -0.25) is 9.69 Å². The van der Waals surface area contributed by atoms with Gasteiger partial charge in [0.25, 0.3) is 5.91 Å². The summed E-state index contributed by atoms with van der Waals surface area (Å²) in [6, 6.07) is 14.7. The Morgan fingerprint density at radius 2 is 1.86 bits per heavy atom. The molecule has 2 aromatic carbocycles. The maximum Gasteiger partial charge on any atom is 0.269 e. The Morgan fingerprint density at radius 1 is 1.11 bits per heavy atom. The fourth-order valence-corrected chi connectivity index (χ4v) is 2.84. The average molecular weight is 403 g/mol. The maximum absolute atomic E-state index is 14.3. The highest BCUT2D eigenvalue weighted by molar-refractivity contribution is 6.31. The first-order valence-electron chi connectivity index (χ1n) is 8.53. The molecule has 1 heterocycles. The molecule has 0 spiro atoms. The number of pyridine rings is 1. The molecule has 3 rings (SSSR count). The lowest BCUT2D eigenvalue weighted by Crippen LogP contribution is -2.41. The van der Waals surface area contributed by atoms with Crippen LogP contribution in [0, 0.1) is 11.6 Å². The number of ether oxygens (including phenoxy) is 1. The van der Waals surface area contributed by atoms with Crippen molar-refractivity contribution in [2.75, 3.05) is 4.90 Å². The van der Waals surface area contributed by atoms with E-state index in [1.807, 2.05) is 0 Å². The Kier molecular flexibility index (Phi) is 6.21. The van der Waals surface area contributed by atoms with Crippen LogP contribution in [0.4, 0.5) is 14.6 Å². The van der Waals surface area contributed by atoms with E-state index < -0.39 is 23.6 Å². The Morgan fingerprint density at radius 3 is 2.50 bits per heavy atom. The number of anilines is 1. The van der Waals surface area contributed by atoms with Crippen LogP contribution in [0.1, 0.15) is 12.5 Å². The summed E-state index contributed by atoms with van der Waals surface area (Å²) in [7, 11) is 0. The molecule has 0 aliphatic carbocycles. The monoisotopic (exact) mass is 402 g/mol. The molecule has 144 valence electrons. The zero-order chi connectivity index (χ0) is 20.1. The lowest BCUT2D eigenvalue weighted by molar-refractivity contribution is -0.124. The van der Waals surface area contributed by atoms with Crippen molar-refractivity contribution in [3.8, 4) is 5.75 Å². The van der Waals surface area contributed by atoms with E-state index in [2.05, 4.69) is 4.98 Å². The van der Waals surface area contributed by atoms with Crippen molar-refractivity contribution in [3.63, 3.8) is 0 Å². The van der Waals surface area contributed by atoms with E-state index in [1.165, 1.54) is 47.5 Å². The van der Waals surface area contributed by atoms with Gasteiger partial charge in [0.1, 0.15) is 23.2 Å². The van der Waals surface area contributed by atoms with Crippen LogP contribution < -0.4 is 9.64 Å². The maximum atomic E-state index is 14.3. The van der Waals surface area contributed by atoms with Crippen molar-refractivity contribution >= 4 is 23.3 Å². The first-order valence-corrected chi connectivity index (χ1v) is 8.91. The molecule has 0 aliphatic rings. The smallest absolute Gasteiger partial charge is 0.269 e. The summed E-state index contributed by atoms with van der Waals surface area (Å²) in [5.74, 6) is -0.695. The lowest BCUT2D eigenvalue weighted by Gasteiger charge is -2.26. The lowest BCUT2D eigenvalue weighted by atomic mass is 10.1. The Labute approximate surface area is 166 Å². The largest absolute Gasteiger partial charge is 0.481 e. The van der Waals surface area contributed by atoms with E-state index in [4.69, 9.17) is 16.3 Å². The minimum absolute atomic E-state index is 0.113. The van der Waals surface area contributed by atoms with Gasteiger partial charge in [-0.25, -0.2) is 13.8 Å². The van der Waals surface area contributed by atoms with Crippen LogP contribution >= 0.6 is 11.6 Å². The minimum atomic E-state index is -0.919. The van der Waals surface area contributed by atoms with Gasteiger partial charge in [0.15, 0.2) is 6.10 Å². The average Bonchev–Trinajstić information content (AvgIpc) is 2.70. The van der Waals surface area contributed by atoms with Gasteiger partial charge in [0.05, 0.1) is 6.54 Å². The summed E-state index contributed by atoms with van der Waals surface area (Å²) in [5.41, 5.74) is 0.178. The molecule has 0 fully saturated rings. The van der Waals surface area contributed by atoms with Crippen LogP contribution in [-0.2, 0) is 11.3 Å². The molecular weight excluding hydrogens is 386 g/mol. The first kappa shape index (κ1) is 19.8. The number of benzene rings is 2. The molecule has 0 aliphatic heterocycles. The highest BCUT2D eigenvalue weighted by Crippen LogP contribution is 2.24. The zero-order valence-corrected chi connectivity index (χ0v) is 15.7. The molecule has 0 saturated carbocycles. The Balaban J connectivity index is 1.88. The van der Waals surface area contributed by atoms with E-state index in [0.717, 1.165) is 0 Å². The number of amides is 1. The molecule has 0 unspecified atom stereocenters. The molecule has 0 bridgehead atoms. The van der Waals surface area contributed by atoms with Crippen molar-refractivity contribution < 1.29 is 18.3 Å². The molecule has 0 N–H and O–H groups in total. The summed E-state index contributed by atoms with van der Waals surface area (Å²) in [4.78, 5) is 18.6. The number of hydrogen-bond acceptors (Lipinski definition) is 3. The zero-order valence-electron chi connectivity index (χ0n) is 15.0. The highest BCUT2D eigenvalue weighted by Gasteiger charge is 2.26. The fourth-order valence-electron chi connectivity index (χ4n) is 2.61. The molecule has 0 radical (unpaired) electrons. The number of aromatic nitrogens is 1. The number of hydrogen-bond donors (Lipinski definition) is 0. The minimum Gasteiger partial charge on any atom is -0.481 e. The number of carbonyl (C=O) groups excluding carboxylic acids is 1. The second-order valence-electron chi connectivity index (χ2n) is 6.03. The predicted octanol–water partition coefficient (Wildman–Crippen LogP) is 5.01. The van der Waals surface area contributed by atoms with Crippen molar-refractivity contribution in [2.24, 2.45) is 0 Å². The summed E-state index contributed by atoms with van der Waals surface area (Å²) in [6.07, 6.45) is 0.613. The third-order valence-corrected chi connectivity index (χ3v) is 4.40. The molecule has 0 saturated heterocycles. The standard InChI is InChI=1S/C21H17ClF2N2O2/c1-14(28-16-10-8-15(23)9-11-16)21(27)26(20-7-2-3-12-25-20)13-17-18(22)5-4-6-19(17)24/h2-12,14H,13H2,1H3/t14-/m0/s1. The Bertz CT molecular complexity index is 932. The summed E-state index contributed by atoms with van der Waals surface area (Å²) >= 11 is 6.12. The van der Waals surface area contributed by atoms with Crippen LogP contribution in [0.2, 0.25) is 5.02 Å². The second-order valence-corrected chi connectivity index (χ2v) is 6.43. The van der Waals surface area contributed by atoms with Crippen molar-refractivity contribution in [1.29, 1.82) is 0 Å². The summed E-state index contributed by atoms with van der Waals surface area (Å²) < 4.78 is 32.9. The Hall–Kier alpha value is -2.99. The van der Waals surface area contributed by atoms with E-state index in [1.54, 1.807) is 31.2 Å². The molecule has 28 heavy (non-hydrogen) atoms. The van der Waals surface area contributed by atoms with Gasteiger partial charge in [-0.2, -0.15) is 0 Å². The van der Waals surface area contributed by atoms with Crippen molar-refractivity contribution in [1.82, 2.24) is 4.98 Å². The fraction of sp³-hybridized carbons (Fsp3) is 0.143. The van der Waals surface area contributed by atoms with Gasteiger partial charge < -0.3 is 4.74 Å². The topological polar surface area (TPSA) is 42.4 Å². The molecule has 7 heteroatoms. The number of rotatable bonds is 6. The predicted molar refractivity (Wildman–Crippen MR) is 103 cm³/mol. The van der Waals surface area contributed by atoms with Gasteiger partial charge in [0.2, 0.25) is 0 Å². The van der Waals surface area contributed by atoms with Crippen molar-refractivity contribution in [3.05, 3.63) is 89.1 Å². The van der Waals surface area contributed by atoms with Gasteiger partial charge >= 0.3 is 0 Å². The van der Waals surface area contributed by atoms with E-state index in [9.17, 15) is 13.6 Å². The van der Waals surface area contributed by atoms with Crippen LogP contribution in [0.15, 0.2) is 66.9 Å². The van der Waals surface area contributed by atoms with E-state index in [0.29, 0.717) is 11.6 Å². The molecule has 1 atom stereocenters. The number of halogens is 3. The second kappa shape index (κ2) is 8.80. The third-order valence-electron chi connectivity index (χ3n) is 4.04. The summed E-state index contributed by atoms with van der Waals surface area (Å²) in [6.45, 7) is 1.45. The van der Waals surface area contributed by atoms with Crippen molar-refractivity contribution in [2.45, 2.75) is 19.6 Å². The van der Waals surface area contributed by atoms with Crippen LogP contribution in [0.25, 0.3) is 0 Å². The third kappa shape index (κ3) is 4.64. The van der Waals surface area contributed by atoms with Crippen LogP contribution in [0.5, 0.6) is 5.75 Å². The van der Waals surface area contributed by atoms with Gasteiger partial charge in [-0.15, -0.1) is 0 Å². The number of carbonyl (C=O) groups is 1. The SMILES string of the molecule is C[C@H](Oc1ccc(F)cc1)C(=O)N(Cc1c(F)cccc1Cl)c1ccccn1. The van der Waals surface area contributed by atoms with Crippen LogP contribution in [-0.4, -0.2) is 17.0 Å².